The first-order valence-electron chi connectivity index (χ1n) is 9.66. The summed E-state index contributed by atoms with van der Waals surface area (Å²) >= 11 is 0. The number of hydrogen-bond acceptors (Lipinski definition) is 4. The van der Waals surface area contributed by atoms with Gasteiger partial charge in [-0.25, -0.2) is 4.99 Å². The van der Waals surface area contributed by atoms with Gasteiger partial charge in [0, 0.05) is 17.9 Å². The SMILES string of the molecule is CCc1ccccc1NC(=NC[C@@H]1CCCO1)NC(=O)c1cccc(OC)c1. The molecule has 0 bridgehead atoms. The molecule has 0 radical (unpaired) electrons. The van der Waals surface area contributed by atoms with Crippen LogP contribution in [0.1, 0.15) is 35.7 Å². The van der Waals surface area contributed by atoms with Crippen molar-refractivity contribution in [3.05, 3.63) is 59.7 Å². The van der Waals surface area contributed by atoms with Gasteiger partial charge in [0.25, 0.3) is 5.91 Å². The Bertz CT molecular complexity index is 829. The van der Waals surface area contributed by atoms with E-state index in [2.05, 4.69) is 28.6 Å². The molecule has 2 aromatic rings. The number of rotatable bonds is 6. The van der Waals surface area contributed by atoms with Gasteiger partial charge < -0.3 is 14.8 Å². The van der Waals surface area contributed by atoms with Crippen LogP contribution in [0.15, 0.2) is 53.5 Å². The number of carbonyl (C=O) groups excluding carboxylic acids is 1. The van der Waals surface area contributed by atoms with Crippen molar-refractivity contribution in [2.24, 2.45) is 4.99 Å². The zero-order valence-electron chi connectivity index (χ0n) is 16.4. The van der Waals surface area contributed by atoms with Crippen LogP contribution in [0.3, 0.4) is 0 Å². The van der Waals surface area contributed by atoms with Crippen molar-refractivity contribution in [2.45, 2.75) is 32.3 Å². The Morgan fingerprint density at radius 3 is 2.86 bits per heavy atom. The number of guanidine groups is 1. The fourth-order valence-electron chi connectivity index (χ4n) is 3.11. The van der Waals surface area contributed by atoms with E-state index < -0.39 is 0 Å². The van der Waals surface area contributed by atoms with Crippen LogP contribution in [-0.4, -0.2) is 38.2 Å². The lowest BCUT2D eigenvalue weighted by Gasteiger charge is -2.15. The molecule has 148 valence electrons. The highest BCUT2D eigenvalue weighted by Gasteiger charge is 2.16. The number of aliphatic imine (C=N–C) groups is 1. The van der Waals surface area contributed by atoms with Crippen LogP contribution in [0.2, 0.25) is 0 Å². The first-order valence-corrected chi connectivity index (χ1v) is 9.66. The molecule has 2 N–H and O–H groups in total. The number of amides is 1. The molecule has 6 nitrogen and oxygen atoms in total. The van der Waals surface area contributed by atoms with Crippen molar-refractivity contribution in [3.63, 3.8) is 0 Å². The summed E-state index contributed by atoms with van der Waals surface area (Å²) in [5.74, 6) is 0.811. The quantitative estimate of drug-likeness (QED) is 0.592. The number of hydrogen-bond donors (Lipinski definition) is 2. The highest BCUT2D eigenvalue weighted by molar-refractivity contribution is 6.10. The van der Waals surface area contributed by atoms with E-state index in [1.807, 2.05) is 18.2 Å². The number of para-hydroxylation sites is 1. The zero-order valence-corrected chi connectivity index (χ0v) is 16.4. The van der Waals surface area contributed by atoms with Gasteiger partial charge in [0.05, 0.1) is 19.8 Å². The second-order valence-corrected chi connectivity index (χ2v) is 6.65. The Kier molecular flexibility index (Phi) is 7.03. The van der Waals surface area contributed by atoms with Crippen molar-refractivity contribution in [1.29, 1.82) is 0 Å². The second-order valence-electron chi connectivity index (χ2n) is 6.65. The van der Waals surface area contributed by atoms with E-state index in [0.29, 0.717) is 23.8 Å². The van der Waals surface area contributed by atoms with Gasteiger partial charge in [0.15, 0.2) is 0 Å². The number of nitrogens with zero attached hydrogens (tertiary/aromatic N) is 1. The molecule has 0 aromatic heterocycles. The number of nitrogens with one attached hydrogen (secondary N) is 2. The summed E-state index contributed by atoms with van der Waals surface area (Å²) in [6.45, 7) is 3.38. The molecule has 3 rings (SSSR count). The predicted octanol–water partition coefficient (Wildman–Crippen LogP) is 3.63. The largest absolute Gasteiger partial charge is 0.497 e. The van der Waals surface area contributed by atoms with Gasteiger partial charge >= 0.3 is 0 Å². The van der Waals surface area contributed by atoms with Gasteiger partial charge in [-0.05, 0) is 49.1 Å². The number of methoxy groups -OCH3 is 1. The van der Waals surface area contributed by atoms with Crippen LogP contribution >= 0.6 is 0 Å². The van der Waals surface area contributed by atoms with E-state index in [1.165, 1.54) is 0 Å². The van der Waals surface area contributed by atoms with E-state index >= 15 is 0 Å². The summed E-state index contributed by atoms with van der Waals surface area (Å²) in [4.78, 5) is 17.3. The average Bonchev–Trinajstić information content (AvgIpc) is 3.26. The minimum absolute atomic E-state index is 0.104. The molecule has 1 saturated heterocycles. The van der Waals surface area contributed by atoms with Gasteiger partial charge in [-0.15, -0.1) is 0 Å². The third-order valence-electron chi connectivity index (χ3n) is 4.69. The highest BCUT2D eigenvalue weighted by atomic mass is 16.5. The Morgan fingerprint density at radius 2 is 2.11 bits per heavy atom. The maximum Gasteiger partial charge on any atom is 0.258 e. The Morgan fingerprint density at radius 1 is 1.25 bits per heavy atom. The molecule has 1 aliphatic rings. The minimum Gasteiger partial charge on any atom is -0.497 e. The van der Waals surface area contributed by atoms with E-state index in [4.69, 9.17) is 9.47 Å². The van der Waals surface area contributed by atoms with Gasteiger partial charge in [0.1, 0.15) is 5.75 Å². The van der Waals surface area contributed by atoms with E-state index in [9.17, 15) is 4.79 Å². The number of aryl methyl sites for hydroxylation is 1. The Labute approximate surface area is 166 Å². The lowest BCUT2D eigenvalue weighted by molar-refractivity contribution is 0.0975. The van der Waals surface area contributed by atoms with Crippen LogP contribution in [-0.2, 0) is 11.2 Å². The van der Waals surface area contributed by atoms with Crippen LogP contribution in [0.4, 0.5) is 5.69 Å². The van der Waals surface area contributed by atoms with Crippen LogP contribution < -0.4 is 15.4 Å². The predicted molar refractivity (Wildman–Crippen MR) is 111 cm³/mol. The third kappa shape index (κ3) is 5.33. The van der Waals surface area contributed by atoms with Crippen LogP contribution in [0, 0.1) is 0 Å². The second kappa shape index (κ2) is 9.90. The standard InChI is InChI=1S/C22H27N3O3/c1-3-16-8-4-5-12-20(16)24-22(23-15-19-11-7-13-28-19)25-21(26)17-9-6-10-18(14-17)27-2/h4-6,8-10,12,14,19H,3,7,11,13,15H2,1-2H3,(H2,23,24,25,26)/t19-/m0/s1. The molecule has 1 atom stereocenters. The van der Waals surface area contributed by atoms with E-state index in [1.54, 1.807) is 31.4 Å². The Balaban J connectivity index is 1.78. The summed E-state index contributed by atoms with van der Waals surface area (Å²) in [5, 5.41) is 6.18. The molecule has 0 saturated carbocycles. The molecular weight excluding hydrogens is 354 g/mol. The third-order valence-corrected chi connectivity index (χ3v) is 4.69. The topological polar surface area (TPSA) is 72.0 Å². The molecule has 28 heavy (non-hydrogen) atoms. The summed E-state index contributed by atoms with van der Waals surface area (Å²) in [6, 6.07) is 15.0. The van der Waals surface area contributed by atoms with E-state index in [-0.39, 0.29) is 12.0 Å². The average molecular weight is 381 g/mol. The molecule has 0 unspecified atom stereocenters. The fourth-order valence-corrected chi connectivity index (χ4v) is 3.11. The van der Waals surface area contributed by atoms with Crippen LogP contribution in [0.5, 0.6) is 5.75 Å². The van der Waals surface area contributed by atoms with Crippen molar-refractivity contribution < 1.29 is 14.3 Å². The van der Waals surface area contributed by atoms with Gasteiger partial charge in [0.2, 0.25) is 5.96 Å². The van der Waals surface area contributed by atoms with Gasteiger partial charge in [-0.3, -0.25) is 10.1 Å². The number of ether oxygens (including phenoxy) is 2. The molecule has 1 aliphatic heterocycles. The number of benzene rings is 2. The normalized spacial score (nSPS) is 16.6. The summed E-state index contributed by atoms with van der Waals surface area (Å²) in [7, 11) is 1.58. The number of carbonyl (C=O) groups is 1. The zero-order chi connectivity index (χ0) is 19.8. The maximum absolute atomic E-state index is 12.7. The summed E-state index contributed by atoms with van der Waals surface area (Å²) < 4.78 is 10.9. The molecule has 0 spiro atoms. The molecular formula is C22H27N3O3. The van der Waals surface area contributed by atoms with Gasteiger partial charge in [-0.1, -0.05) is 31.2 Å². The molecule has 1 fully saturated rings. The summed E-state index contributed by atoms with van der Waals surface area (Å²) in [6.07, 6.45) is 3.03. The van der Waals surface area contributed by atoms with Crippen molar-refractivity contribution in [1.82, 2.24) is 5.32 Å². The summed E-state index contributed by atoms with van der Waals surface area (Å²) in [5.41, 5.74) is 2.60. The van der Waals surface area contributed by atoms with Crippen molar-refractivity contribution in [2.75, 3.05) is 25.6 Å². The molecule has 6 heteroatoms. The van der Waals surface area contributed by atoms with Crippen molar-refractivity contribution >= 4 is 17.6 Å². The van der Waals surface area contributed by atoms with E-state index in [0.717, 1.165) is 37.1 Å². The molecule has 1 heterocycles. The molecule has 2 aromatic carbocycles. The first-order chi connectivity index (χ1) is 13.7. The smallest absolute Gasteiger partial charge is 0.258 e. The highest BCUT2D eigenvalue weighted by Crippen LogP contribution is 2.17. The maximum atomic E-state index is 12.7. The first kappa shape index (κ1) is 19.9. The molecule has 0 aliphatic carbocycles. The Hall–Kier alpha value is -2.86. The monoisotopic (exact) mass is 381 g/mol. The van der Waals surface area contributed by atoms with Crippen LogP contribution in [0.25, 0.3) is 0 Å². The lowest BCUT2D eigenvalue weighted by Crippen LogP contribution is -2.37. The number of anilines is 1. The van der Waals surface area contributed by atoms with Gasteiger partial charge in [-0.2, -0.15) is 0 Å². The molecule has 1 amide bonds. The van der Waals surface area contributed by atoms with Crippen molar-refractivity contribution in [3.8, 4) is 5.75 Å². The fraction of sp³-hybridized carbons (Fsp3) is 0.364. The minimum atomic E-state index is -0.244. The lowest BCUT2D eigenvalue weighted by atomic mass is 10.1.